The number of H-pyrrole nitrogens is 1. The predicted octanol–water partition coefficient (Wildman–Crippen LogP) is 6.42. The maximum absolute atomic E-state index is 12.7. The first-order valence-corrected chi connectivity index (χ1v) is 12.0. The molecule has 0 spiro atoms. The zero-order valence-electron chi connectivity index (χ0n) is 19.7. The Morgan fingerprint density at radius 3 is 2.76 bits per heavy atom. The molecule has 0 amide bonds. The van der Waals surface area contributed by atoms with Crippen molar-refractivity contribution < 1.29 is 4.74 Å². The fourth-order valence-corrected chi connectivity index (χ4v) is 5.15. The largest absolute Gasteiger partial charge is 0.495 e. The van der Waals surface area contributed by atoms with Gasteiger partial charge in [-0.15, -0.1) is 0 Å². The molecule has 4 aromatic rings. The van der Waals surface area contributed by atoms with E-state index in [0.29, 0.717) is 22.9 Å². The highest BCUT2D eigenvalue weighted by Crippen LogP contribution is 2.40. The zero-order valence-corrected chi connectivity index (χ0v) is 19.7. The van der Waals surface area contributed by atoms with Crippen molar-refractivity contribution in [2.75, 3.05) is 12.4 Å². The Labute approximate surface area is 199 Å². The lowest BCUT2D eigenvalue weighted by Gasteiger charge is -2.14. The molecular formula is C28H30N4O2. The van der Waals surface area contributed by atoms with Gasteiger partial charge in [-0.05, 0) is 72.4 Å². The lowest BCUT2D eigenvalue weighted by molar-refractivity contribution is 0.413. The lowest BCUT2D eigenvalue weighted by Crippen LogP contribution is -2.09. The molecule has 1 aliphatic rings. The van der Waals surface area contributed by atoms with Crippen LogP contribution in [-0.2, 0) is 0 Å². The second kappa shape index (κ2) is 9.67. The van der Waals surface area contributed by atoms with Crippen LogP contribution in [0.1, 0.15) is 50.5 Å². The highest BCUT2D eigenvalue weighted by atomic mass is 16.5. The molecule has 0 bridgehead atoms. The molecule has 6 nitrogen and oxygen atoms in total. The number of nitrogens with one attached hydrogen (secondary N) is 2. The maximum atomic E-state index is 12.7. The van der Waals surface area contributed by atoms with Crippen LogP contribution >= 0.6 is 0 Å². The Morgan fingerprint density at radius 2 is 1.97 bits per heavy atom. The van der Waals surface area contributed by atoms with Crippen molar-refractivity contribution in [2.24, 2.45) is 5.92 Å². The molecule has 174 valence electrons. The van der Waals surface area contributed by atoms with Gasteiger partial charge >= 0.3 is 0 Å². The predicted molar refractivity (Wildman–Crippen MR) is 137 cm³/mol. The molecule has 34 heavy (non-hydrogen) atoms. The number of nitrogens with zero attached hydrogens (tertiary/aromatic N) is 2. The highest BCUT2D eigenvalue weighted by Gasteiger charge is 2.25. The summed E-state index contributed by atoms with van der Waals surface area (Å²) < 4.78 is 5.32. The Balaban J connectivity index is 1.46. The summed E-state index contributed by atoms with van der Waals surface area (Å²) in [6, 6.07) is 14.3. The second-order valence-corrected chi connectivity index (χ2v) is 9.15. The van der Waals surface area contributed by atoms with Crippen LogP contribution in [0.4, 0.5) is 11.5 Å². The minimum Gasteiger partial charge on any atom is -0.495 e. The van der Waals surface area contributed by atoms with E-state index in [1.165, 1.54) is 37.7 Å². The molecule has 1 saturated carbocycles. The van der Waals surface area contributed by atoms with E-state index in [0.717, 1.165) is 28.2 Å². The smallest absolute Gasteiger partial charge is 0.259 e. The summed E-state index contributed by atoms with van der Waals surface area (Å²) in [6.45, 7) is 2.27. The molecule has 6 heteroatoms. The van der Waals surface area contributed by atoms with Gasteiger partial charge in [0.25, 0.3) is 5.56 Å². The Morgan fingerprint density at radius 1 is 1.12 bits per heavy atom. The van der Waals surface area contributed by atoms with Crippen LogP contribution in [0.2, 0.25) is 0 Å². The lowest BCUT2D eigenvalue weighted by atomic mass is 9.95. The molecule has 0 radical (unpaired) electrons. The maximum Gasteiger partial charge on any atom is 0.259 e. The Kier molecular flexibility index (Phi) is 6.30. The molecule has 1 unspecified atom stereocenters. The van der Waals surface area contributed by atoms with E-state index in [9.17, 15) is 4.79 Å². The minimum atomic E-state index is -0.174. The third-order valence-electron chi connectivity index (χ3n) is 6.88. The fourth-order valence-electron chi connectivity index (χ4n) is 5.15. The van der Waals surface area contributed by atoms with E-state index in [-0.39, 0.29) is 5.56 Å². The molecule has 0 saturated heterocycles. The quantitative estimate of drug-likeness (QED) is 0.337. The van der Waals surface area contributed by atoms with Crippen LogP contribution in [0.25, 0.3) is 22.0 Å². The molecule has 2 N–H and O–H groups in total. The van der Waals surface area contributed by atoms with Gasteiger partial charge in [0.05, 0.1) is 24.4 Å². The average molecular weight is 455 g/mol. The van der Waals surface area contributed by atoms with E-state index < -0.39 is 0 Å². The van der Waals surface area contributed by atoms with Crippen molar-refractivity contribution >= 4 is 22.3 Å². The number of aromatic nitrogens is 3. The molecule has 3 aromatic heterocycles. The molecule has 1 fully saturated rings. The van der Waals surface area contributed by atoms with Gasteiger partial charge in [-0.25, -0.2) is 4.98 Å². The third-order valence-corrected chi connectivity index (χ3v) is 6.88. The van der Waals surface area contributed by atoms with Gasteiger partial charge in [0.2, 0.25) is 0 Å². The van der Waals surface area contributed by atoms with Crippen LogP contribution in [0, 0.1) is 5.92 Å². The summed E-state index contributed by atoms with van der Waals surface area (Å²) in [7, 11) is 1.61. The number of aromatic amines is 1. The second-order valence-electron chi connectivity index (χ2n) is 9.15. The van der Waals surface area contributed by atoms with E-state index in [2.05, 4.69) is 46.5 Å². The van der Waals surface area contributed by atoms with Crippen LogP contribution in [0.5, 0.6) is 5.75 Å². The van der Waals surface area contributed by atoms with Gasteiger partial charge in [0.1, 0.15) is 11.6 Å². The van der Waals surface area contributed by atoms with Gasteiger partial charge in [-0.2, -0.15) is 0 Å². The molecular weight excluding hydrogens is 424 g/mol. The number of hydrogen-bond acceptors (Lipinski definition) is 5. The third kappa shape index (κ3) is 4.53. The summed E-state index contributed by atoms with van der Waals surface area (Å²) in [5, 5.41) is 4.73. The SMILES string of the molecule is CCC[C@@H]1CCC(c2ccc(Nc3nc(-c4cncc(OC)c4)cc4cc[nH]c(=O)c34)cc2)C1. The summed E-state index contributed by atoms with van der Waals surface area (Å²) in [4.78, 5) is 24.5. The van der Waals surface area contributed by atoms with Crippen LogP contribution in [-0.4, -0.2) is 22.1 Å². The number of pyridine rings is 3. The van der Waals surface area contributed by atoms with E-state index in [1.807, 2.05) is 18.2 Å². The van der Waals surface area contributed by atoms with Crippen molar-refractivity contribution in [3.05, 3.63) is 77.0 Å². The van der Waals surface area contributed by atoms with Crippen molar-refractivity contribution in [3.8, 4) is 17.0 Å². The summed E-state index contributed by atoms with van der Waals surface area (Å²) in [5.41, 5.74) is 3.67. The van der Waals surface area contributed by atoms with E-state index >= 15 is 0 Å². The first-order valence-electron chi connectivity index (χ1n) is 12.0. The number of anilines is 2. The Hall–Kier alpha value is -3.67. The molecule has 1 aliphatic carbocycles. The van der Waals surface area contributed by atoms with Crippen molar-refractivity contribution in [2.45, 2.75) is 44.9 Å². The van der Waals surface area contributed by atoms with Gasteiger partial charge in [0, 0.05) is 23.6 Å². The fraction of sp³-hybridized carbons (Fsp3) is 0.321. The monoisotopic (exact) mass is 454 g/mol. The number of benzene rings is 1. The molecule has 3 heterocycles. The van der Waals surface area contributed by atoms with Crippen LogP contribution in [0.15, 0.2) is 65.8 Å². The van der Waals surface area contributed by atoms with Crippen LogP contribution in [0.3, 0.4) is 0 Å². The zero-order chi connectivity index (χ0) is 23.5. The normalized spacial score (nSPS) is 17.7. The first kappa shape index (κ1) is 22.1. The molecule has 5 rings (SSSR count). The number of rotatable bonds is 7. The van der Waals surface area contributed by atoms with Crippen molar-refractivity contribution in [1.29, 1.82) is 0 Å². The minimum absolute atomic E-state index is 0.174. The highest BCUT2D eigenvalue weighted by molar-refractivity contribution is 5.95. The summed E-state index contributed by atoms with van der Waals surface area (Å²) >= 11 is 0. The van der Waals surface area contributed by atoms with Gasteiger partial charge in [0.15, 0.2) is 0 Å². The van der Waals surface area contributed by atoms with Gasteiger partial charge < -0.3 is 15.0 Å². The number of ether oxygens (including phenoxy) is 1. The molecule has 2 atom stereocenters. The van der Waals surface area contributed by atoms with E-state index in [1.54, 1.807) is 25.7 Å². The molecule has 0 aliphatic heterocycles. The van der Waals surface area contributed by atoms with Crippen molar-refractivity contribution in [1.82, 2.24) is 15.0 Å². The molecule has 1 aromatic carbocycles. The van der Waals surface area contributed by atoms with Crippen molar-refractivity contribution in [3.63, 3.8) is 0 Å². The van der Waals surface area contributed by atoms with Gasteiger partial charge in [-0.1, -0.05) is 31.9 Å². The topological polar surface area (TPSA) is 79.9 Å². The number of fused-ring (bicyclic) bond motifs is 1. The standard InChI is InChI=1S/C28H30N4O2/c1-3-4-18-5-6-20(13-18)19-7-9-23(10-8-19)31-27-26-21(11-12-30-28(26)33)15-25(32-27)22-14-24(34-2)17-29-16-22/h7-12,14-18,20H,3-6,13H2,1-2H3,(H,30,33)(H,31,32)/t18-,20?/m1/s1. The number of hydrogen-bond donors (Lipinski definition) is 2. The Bertz CT molecular complexity index is 1350. The number of methoxy groups -OCH3 is 1. The first-order chi connectivity index (χ1) is 16.6. The summed E-state index contributed by atoms with van der Waals surface area (Å²) in [5.74, 6) is 2.69. The van der Waals surface area contributed by atoms with E-state index in [4.69, 9.17) is 9.72 Å². The van der Waals surface area contributed by atoms with Gasteiger partial charge in [-0.3, -0.25) is 9.78 Å². The summed E-state index contributed by atoms with van der Waals surface area (Å²) in [6.07, 6.45) is 11.6. The van der Waals surface area contributed by atoms with Crippen LogP contribution < -0.4 is 15.6 Å². The average Bonchev–Trinajstić information content (AvgIpc) is 3.33.